The third-order valence-electron chi connectivity index (χ3n) is 4.24. The quantitative estimate of drug-likeness (QED) is 0.893. The van der Waals surface area contributed by atoms with Crippen molar-refractivity contribution in [1.29, 1.82) is 0 Å². The lowest BCUT2D eigenvalue weighted by molar-refractivity contribution is 0.0411. The summed E-state index contributed by atoms with van der Waals surface area (Å²) in [6.07, 6.45) is 0. The number of halogens is 1. The van der Waals surface area contributed by atoms with E-state index in [0.717, 1.165) is 44.2 Å². The molecule has 1 aromatic heterocycles. The average molecular weight is 314 g/mol. The number of rotatable bonds is 4. The largest absolute Gasteiger partial charge is 0.343 e. The van der Waals surface area contributed by atoms with Gasteiger partial charge in [0.2, 0.25) is 0 Å². The van der Waals surface area contributed by atoms with E-state index in [9.17, 15) is 0 Å². The summed E-state index contributed by atoms with van der Waals surface area (Å²) < 4.78 is 0. The van der Waals surface area contributed by atoms with Crippen molar-refractivity contribution in [2.24, 2.45) is 0 Å². The molecule has 2 N–H and O–H groups in total. The van der Waals surface area contributed by atoms with Gasteiger partial charge in [-0.1, -0.05) is 11.6 Å². The predicted molar refractivity (Wildman–Crippen MR) is 87.9 cm³/mol. The van der Waals surface area contributed by atoms with E-state index in [4.69, 9.17) is 11.6 Å². The Labute approximate surface area is 133 Å². The Morgan fingerprint density at radius 2 is 1.90 bits per heavy atom. The molecule has 1 aliphatic heterocycles. The van der Waals surface area contributed by atoms with Crippen LogP contribution >= 0.6 is 11.6 Å². The molecule has 120 valence electrons. The van der Waals surface area contributed by atoms with Crippen molar-refractivity contribution in [3.8, 4) is 0 Å². The number of hydrogen-bond donors (Lipinski definition) is 2. The molecule has 1 fully saturated rings. The van der Waals surface area contributed by atoms with Crippen LogP contribution < -0.4 is 5.32 Å². The second kappa shape index (κ2) is 6.65. The molecule has 2 heterocycles. The van der Waals surface area contributed by atoms with Gasteiger partial charge in [-0.05, 0) is 34.7 Å². The Morgan fingerprint density at radius 3 is 2.33 bits per heavy atom. The lowest BCUT2D eigenvalue weighted by Crippen LogP contribution is -2.54. The van der Waals surface area contributed by atoms with Crippen LogP contribution in [0.1, 0.15) is 38.3 Å². The van der Waals surface area contributed by atoms with Gasteiger partial charge in [0, 0.05) is 38.3 Å². The number of hydrogen-bond acceptors (Lipinski definition) is 4. The average Bonchev–Trinajstić information content (AvgIpc) is 2.74. The molecule has 1 atom stereocenters. The Balaban J connectivity index is 2.09. The van der Waals surface area contributed by atoms with E-state index in [1.54, 1.807) is 0 Å². The van der Waals surface area contributed by atoms with E-state index in [1.807, 2.05) is 14.0 Å². The molecule has 0 bridgehead atoms. The molecule has 0 aromatic carbocycles. The van der Waals surface area contributed by atoms with Gasteiger partial charge in [0.1, 0.15) is 5.82 Å². The summed E-state index contributed by atoms with van der Waals surface area (Å²) in [6, 6.07) is 0.255. The Kier molecular flexibility index (Phi) is 5.30. The maximum Gasteiger partial charge on any atom is 0.152 e. The summed E-state index contributed by atoms with van der Waals surface area (Å²) in [5, 5.41) is 3.88. The first-order valence-corrected chi connectivity index (χ1v) is 8.06. The first kappa shape index (κ1) is 16.7. The minimum atomic E-state index is 0.243. The van der Waals surface area contributed by atoms with Crippen molar-refractivity contribution >= 4 is 11.6 Å². The van der Waals surface area contributed by atoms with Gasteiger partial charge in [-0.3, -0.25) is 9.80 Å². The molecule has 5 nitrogen and oxygen atoms in total. The molecule has 0 saturated carbocycles. The van der Waals surface area contributed by atoms with Crippen LogP contribution in [0.3, 0.4) is 0 Å². The first-order valence-electron chi connectivity index (χ1n) is 7.68. The number of nitrogens with zero attached hydrogens (tertiary/aromatic N) is 3. The highest BCUT2D eigenvalue weighted by Gasteiger charge is 2.31. The molecule has 1 aliphatic rings. The molecule has 1 aromatic rings. The van der Waals surface area contributed by atoms with Gasteiger partial charge >= 0.3 is 0 Å². The molecule has 6 heteroatoms. The summed E-state index contributed by atoms with van der Waals surface area (Å²) in [5.41, 5.74) is 1.28. The monoisotopic (exact) mass is 313 g/mol. The van der Waals surface area contributed by atoms with Gasteiger partial charge in [0.05, 0.1) is 11.7 Å². The maximum atomic E-state index is 6.29. The lowest BCUT2D eigenvalue weighted by Gasteiger charge is -2.44. The zero-order valence-electron chi connectivity index (χ0n) is 13.8. The standard InChI is InChI=1S/C15H28ClN5/c1-11-18-13(14(16)19-11)12(10-17-5)20-6-8-21(9-7-20)15(2,3)4/h12,17H,6-10H2,1-5H3,(H,18,19). The van der Waals surface area contributed by atoms with Crippen LogP contribution in [0.5, 0.6) is 0 Å². The number of H-pyrrole nitrogens is 1. The summed E-state index contributed by atoms with van der Waals surface area (Å²) in [5.74, 6) is 0.879. The molecule has 21 heavy (non-hydrogen) atoms. The first-order chi connectivity index (χ1) is 9.82. The Bertz CT molecular complexity index is 457. The van der Waals surface area contributed by atoms with Crippen molar-refractivity contribution in [3.05, 3.63) is 16.7 Å². The van der Waals surface area contributed by atoms with Crippen LogP contribution in [-0.4, -0.2) is 65.1 Å². The molecule has 0 spiro atoms. The fraction of sp³-hybridized carbons (Fsp3) is 0.800. The Hall–Kier alpha value is -0.620. The number of aromatic amines is 1. The van der Waals surface area contributed by atoms with Crippen molar-refractivity contribution in [2.45, 2.75) is 39.3 Å². The van der Waals surface area contributed by atoms with E-state index in [2.05, 4.69) is 45.9 Å². The van der Waals surface area contributed by atoms with Gasteiger partial charge in [-0.2, -0.15) is 0 Å². The van der Waals surface area contributed by atoms with E-state index < -0.39 is 0 Å². The highest BCUT2D eigenvalue weighted by Crippen LogP contribution is 2.27. The zero-order chi connectivity index (χ0) is 15.6. The van der Waals surface area contributed by atoms with E-state index in [1.165, 1.54) is 0 Å². The molecular formula is C15H28ClN5. The van der Waals surface area contributed by atoms with Crippen LogP contribution in [-0.2, 0) is 0 Å². The third kappa shape index (κ3) is 3.97. The number of imidazole rings is 1. The van der Waals surface area contributed by atoms with Crippen LogP contribution in [0.4, 0.5) is 0 Å². The maximum absolute atomic E-state index is 6.29. The number of aryl methyl sites for hydroxylation is 1. The van der Waals surface area contributed by atoms with Gasteiger partial charge in [-0.15, -0.1) is 0 Å². The Morgan fingerprint density at radius 1 is 1.29 bits per heavy atom. The van der Waals surface area contributed by atoms with E-state index in [-0.39, 0.29) is 11.6 Å². The molecule has 0 amide bonds. The third-order valence-corrected chi connectivity index (χ3v) is 4.53. The van der Waals surface area contributed by atoms with Crippen molar-refractivity contribution in [1.82, 2.24) is 25.1 Å². The van der Waals surface area contributed by atoms with Crippen LogP contribution in [0, 0.1) is 6.92 Å². The van der Waals surface area contributed by atoms with Crippen molar-refractivity contribution in [3.63, 3.8) is 0 Å². The van der Waals surface area contributed by atoms with Gasteiger partial charge < -0.3 is 10.3 Å². The predicted octanol–water partition coefficient (Wildman–Crippen LogP) is 2.05. The molecule has 1 saturated heterocycles. The fourth-order valence-electron chi connectivity index (χ4n) is 3.01. The lowest BCUT2D eigenvalue weighted by atomic mass is 10.0. The molecule has 2 rings (SSSR count). The molecule has 0 radical (unpaired) electrons. The number of likely N-dealkylation sites (N-methyl/N-ethyl adjacent to an activating group) is 1. The topological polar surface area (TPSA) is 47.2 Å². The van der Waals surface area contributed by atoms with Crippen molar-refractivity contribution in [2.75, 3.05) is 39.8 Å². The second-order valence-electron chi connectivity index (χ2n) is 6.79. The second-order valence-corrected chi connectivity index (χ2v) is 7.15. The highest BCUT2D eigenvalue weighted by atomic mass is 35.5. The van der Waals surface area contributed by atoms with E-state index >= 15 is 0 Å². The minimum absolute atomic E-state index is 0.243. The molecule has 1 unspecified atom stereocenters. The van der Waals surface area contributed by atoms with Gasteiger partial charge in [0.15, 0.2) is 5.15 Å². The highest BCUT2D eigenvalue weighted by molar-refractivity contribution is 6.30. The van der Waals surface area contributed by atoms with Crippen LogP contribution in [0.2, 0.25) is 5.15 Å². The smallest absolute Gasteiger partial charge is 0.152 e. The molecular weight excluding hydrogens is 286 g/mol. The number of aromatic nitrogens is 2. The van der Waals surface area contributed by atoms with Crippen LogP contribution in [0.25, 0.3) is 0 Å². The normalized spacial score (nSPS) is 19.9. The SMILES string of the molecule is CNCC(c1[nH]c(C)nc1Cl)N1CCN(C(C)(C)C)CC1. The fourth-order valence-corrected chi connectivity index (χ4v) is 3.31. The zero-order valence-corrected chi connectivity index (χ0v) is 14.6. The summed E-state index contributed by atoms with van der Waals surface area (Å²) in [7, 11) is 1.98. The van der Waals surface area contributed by atoms with Crippen molar-refractivity contribution < 1.29 is 0 Å². The minimum Gasteiger partial charge on any atom is -0.343 e. The van der Waals surface area contributed by atoms with Crippen LogP contribution in [0.15, 0.2) is 0 Å². The molecule has 0 aliphatic carbocycles. The summed E-state index contributed by atoms with van der Waals surface area (Å²) in [4.78, 5) is 12.7. The number of piperazine rings is 1. The van der Waals surface area contributed by atoms with Gasteiger partial charge in [-0.25, -0.2) is 4.98 Å². The number of nitrogens with one attached hydrogen (secondary N) is 2. The summed E-state index contributed by atoms with van der Waals surface area (Å²) in [6.45, 7) is 14.0. The van der Waals surface area contributed by atoms with E-state index in [0.29, 0.717) is 5.15 Å². The summed E-state index contributed by atoms with van der Waals surface area (Å²) >= 11 is 6.29. The van der Waals surface area contributed by atoms with Gasteiger partial charge in [0.25, 0.3) is 0 Å².